The summed E-state index contributed by atoms with van der Waals surface area (Å²) in [7, 11) is -3.15. The van der Waals surface area contributed by atoms with Crippen LogP contribution in [-0.2, 0) is 0 Å². The molecule has 0 amide bonds. The van der Waals surface area contributed by atoms with Crippen LogP contribution in [0.25, 0.3) is 110 Å². The van der Waals surface area contributed by atoms with Crippen molar-refractivity contribution in [3.05, 3.63) is 291 Å². The Balaban J connectivity index is 1.07. The van der Waals surface area contributed by atoms with E-state index in [9.17, 15) is 0 Å². The summed E-state index contributed by atoms with van der Waals surface area (Å²) < 4.78 is 5.02. The van der Waals surface area contributed by atoms with Crippen molar-refractivity contribution < 1.29 is 0 Å². The molecule has 2 aromatic heterocycles. The number of fused-ring (bicyclic) bond motifs is 13. The molecular weight excluding hydrogens is 921 g/mol. The normalized spacial score (nSPS) is 12.0. The maximum atomic E-state index is 2.57. The highest BCUT2D eigenvalue weighted by Gasteiger charge is 2.42. The van der Waals surface area contributed by atoms with Gasteiger partial charge in [-0.15, -0.1) is 0 Å². The monoisotopic (exact) mass is 968 g/mol. The molecule has 0 aliphatic rings. The summed E-state index contributed by atoms with van der Waals surface area (Å²) in [5.41, 5.74) is 11.8. The lowest BCUT2D eigenvalue weighted by atomic mass is 9.92. The highest BCUT2D eigenvalue weighted by atomic mass is 28.3. The number of benzene rings is 13. The Hall–Kier alpha value is -9.54. The SMILES string of the molecule is c1ccc(-c2cccc([Si](c3ccccc3)(c3cccc(-c4ccccc4)c3)c3cccc(-n4c5cc(-n6c7ccccc7c7ccccc76)ccc5c5c6c7ccccc7c7ccccc7c6ccc54)c3)c2)cc1. The van der Waals surface area contributed by atoms with Crippen molar-refractivity contribution in [1.29, 1.82) is 0 Å². The molecule has 0 saturated carbocycles. The topological polar surface area (TPSA) is 9.86 Å². The average Bonchev–Trinajstić information content (AvgIpc) is 4.05. The van der Waals surface area contributed by atoms with Gasteiger partial charge in [0.2, 0.25) is 0 Å². The lowest BCUT2D eigenvalue weighted by Crippen LogP contribution is -2.74. The molecule has 15 rings (SSSR count). The molecule has 0 fully saturated rings. The molecule has 3 heteroatoms. The lowest BCUT2D eigenvalue weighted by Gasteiger charge is -2.35. The first kappa shape index (κ1) is 43.1. The Bertz CT molecular complexity index is 4530. The van der Waals surface area contributed by atoms with E-state index in [4.69, 9.17) is 0 Å². The average molecular weight is 969 g/mol. The van der Waals surface area contributed by atoms with Gasteiger partial charge in [-0.05, 0) is 112 Å². The van der Waals surface area contributed by atoms with Gasteiger partial charge in [0.25, 0.3) is 0 Å². The van der Waals surface area contributed by atoms with Crippen LogP contribution in [0.3, 0.4) is 0 Å². The first-order valence-corrected chi connectivity index (χ1v) is 28.0. The number of hydrogen-bond donors (Lipinski definition) is 0. The van der Waals surface area contributed by atoms with Crippen LogP contribution in [0.5, 0.6) is 0 Å². The molecule has 75 heavy (non-hydrogen) atoms. The fourth-order valence-electron chi connectivity index (χ4n) is 12.8. The minimum absolute atomic E-state index is 1.13. The Morgan fingerprint density at radius 2 is 0.600 bits per heavy atom. The van der Waals surface area contributed by atoms with Crippen molar-refractivity contribution in [1.82, 2.24) is 9.13 Å². The summed E-state index contributed by atoms with van der Waals surface area (Å²) >= 11 is 0. The van der Waals surface area contributed by atoms with Crippen molar-refractivity contribution in [2.24, 2.45) is 0 Å². The molecule has 13 aromatic carbocycles. The van der Waals surface area contributed by atoms with E-state index >= 15 is 0 Å². The first-order valence-electron chi connectivity index (χ1n) is 26.0. The summed E-state index contributed by atoms with van der Waals surface area (Å²) in [6, 6.07) is 109. The number of rotatable bonds is 8. The second kappa shape index (κ2) is 17.3. The van der Waals surface area contributed by atoms with E-state index in [1.54, 1.807) is 0 Å². The van der Waals surface area contributed by atoms with Crippen LogP contribution in [-0.4, -0.2) is 17.2 Å². The van der Waals surface area contributed by atoms with E-state index in [1.165, 1.54) is 113 Å². The molecule has 0 saturated heterocycles. The molecular formula is C72H48N2Si. The molecule has 0 atom stereocenters. The quantitative estimate of drug-likeness (QED) is 0.0816. The van der Waals surface area contributed by atoms with Crippen molar-refractivity contribution >= 4 is 105 Å². The molecule has 15 aromatic rings. The van der Waals surface area contributed by atoms with Crippen LogP contribution >= 0.6 is 0 Å². The molecule has 0 aliphatic carbocycles. The number of para-hydroxylation sites is 2. The van der Waals surface area contributed by atoms with Gasteiger partial charge in [0.15, 0.2) is 8.07 Å². The largest absolute Gasteiger partial charge is 0.309 e. The highest BCUT2D eigenvalue weighted by Crippen LogP contribution is 2.44. The minimum atomic E-state index is -3.15. The zero-order chi connectivity index (χ0) is 49.5. The first-order chi connectivity index (χ1) is 37.2. The fourth-order valence-corrected chi connectivity index (χ4v) is 17.6. The molecule has 0 aliphatic heterocycles. The summed E-state index contributed by atoms with van der Waals surface area (Å²) in [5, 5.41) is 17.9. The third kappa shape index (κ3) is 6.65. The molecule has 350 valence electrons. The Kier molecular flexibility index (Phi) is 9.94. The van der Waals surface area contributed by atoms with Gasteiger partial charge in [-0.25, -0.2) is 0 Å². The van der Waals surface area contributed by atoms with Gasteiger partial charge >= 0.3 is 0 Å². The van der Waals surface area contributed by atoms with E-state index in [1.807, 2.05) is 0 Å². The summed E-state index contributed by atoms with van der Waals surface area (Å²) in [6.07, 6.45) is 0. The van der Waals surface area contributed by atoms with E-state index in [0.717, 1.165) is 16.9 Å². The van der Waals surface area contributed by atoms with Gasteiger partial charge < -0.3 is 9.13 Å². The fraction of sp³-hybridized carbons (Fsp3) is 0. The standard InChI is InChI=1S/C72H48N2Si/c1-4-21-49(22-5-1)51-25-18-30-56(45-51)75(55-28-8-3-9-29-55,57-31-19-26-52(46-57)50-23-6-2-7-24-50)58-32-20-27-53(47-58)74-69-44-43-65-61-35-11-10-33-59(61)60-34-12-13-38-64(60)71(65)72(69)66-42-41-54(48-70(66)74)73-67-39-16-14-36-62(67)63-37-15-17-40-68(63)73/h1-48H. The molecule has 0 radical (unpaired) electrons. The van der Waals surface area contributed by atoms with Gasteiger partial charge in [0.05, 0.1) is 22.1 Å². The van der Waals surface area contributed by atoms with E-state index < -0.39 is 8.07 Å². The van der Waals surface area contributed by atoms with Crippen molar-refractivity contribution in [3.8, 4) is 33.6 Å². The van der Waals surface area contributed by atoms with Crippen LogP contribution in [0.2, 0.25) is 0 Å². The van der Waals surface area contributed by atoms with Gasteiger partial charge in [-0.3, -0.25) is 0 Å². The zero-order valence-electron chi connectivity index (χ0n) is 41.1. The smallest absolute Gasteiger partial charge is 0.179 e. The van der Waals surface area contributed by atoms with Gasteiger partial charge in [0, 0.05) is 38.3 Å². The van der Waals surface area contributed by atoms with Gasteiger partial charge in [0.1, 0.15) is 0 Å². The molecule has 2 nitrogen and oxygen atoms in total. The summed E-state index contributed by atoms with van der Waals surface area (Å²) in [4.78, 5) is 0. The van der Waals surface area contributed by atoms with Crippen molar-refractivity contribution in [3.63, 3.8) is 0 Å². The van der Waals surface area contributed by atoms with Gasteiger partial charge in [-0.1, -0.05) is 249 Å². The Morgan fingerprint density at radius 1 is 0.200 bits per heavy atom. The Morgan fingerprint density at radius 3 is 1.19 bits per heavy atom. The second-order valence-corrected chi connectivity index (χ2v) is 23.7. The van der Waals surface area contributed by atoms with Crippen molar-refractivity contribution in [2.45, 2.75) is 0 Å². The molecule has 0 bridgehead atoms. The predicted octanol–water partition coefficient (Wildman–Crippen LogP) is 16.1. The number of hydrogen-bond acceptors (Lipinski definition) is 0. The van der Waals surface area contributed by atoms with E-state index in [0.29, 0.717) is 0 Å². The van der Waals surface area contributed by atoms with E-state index in [-0.39, 0.29) is 0 Å². The van der Waals surface area contributed by atoms with Crippen LogP contribution in [0.4, 0.5) is 0 Å². The molecule has 0 spiro atoms. The maximum absolute atomic E-state index is 3.15. The van der Waals surface area contributed by atoms with Crippen molar-refractivity contribution in [2.75, 3.05) is 0 Å². The summed E-state index contributed by atoms with van der Waals surface area (Å²) in [5.74, 6) is 0. The minimum Gasteiger partial charge on any atom is -0.309 e. The summed E-state index contributed by atoms with van der Waals surface area (Å²) in [6.45, 7) is 0. The third-order valence-corrected chi connectivity index (χ3v) is 20.7. The third-order valence-electron chi connectivity index (χ3n) is 16.0. The highest BCUT2D eigenvalue weighted by molar-refractivity contribution is 7.20. The van der Waals surface area contributed by atoms with Crippen LogP contribution < -0.4 is 20.7 Å². The second-order valence-electron chi connectivity index (χ2n) is 19.9. The molecule has 0 N–H and O–H groups in total. The maximum Gasteiger partial charge on any atom is 0.179 e. The molecule has 0 unspecified atom stereocenters. The van der Waals surface area contributed by atoms with E-state index in [2.05, 4.69) is 300 Å². The number of nitrogens with zero attached hydrogens (tertiary/aromatic N) is 2. The zero-order valence-corrected chi connectivity index (χ0v) is 42.1. The van der Waals surface area contributed by atoms with Crippen LogP contribution in [0.1, 0.15) is 0 Å². The lowest BCUT2D eigenvalue weighted by molar-refractivity contribution is 1.16. The van der Waals surface area contributed by atoms with Gasteiger partial charge in [-0.2, -0.15) is 0 Å². The molecule has 2 heterocycles. The number of aromatic nitrogens is 2. The van der Waals surface area contributed by atoms with Crippen LogP contribution in [0.15, 0.2) is 291 Å². The van der Waals surface area contributed by atoms with Crippen LogP contribution in [0, 0.1) is 0 Å². The Labute approximate surface area is 436 Å². The predicted molar refractivity (Wildman–Crippen MR) is 322 cm³/mol.